The summed E-state index contributed by atoms with van der Waals surface area (Å²) in [4.78, 5) is 5.22. The molecule has 0 aromatic carbocycles. The molecular weight excluding hydrogens is 250 g/mol. The lowest BCUT2D eigenvalue weighted by atomic mass is 9.84. The second-order valence-corrected chi connectivity index (χ2v) is 7.67. The van der Waals surface area contributed by atoms with Gasteiger partial charge in [-0.05, 0) is 27.2 Å². The van der Waals surface area contributed by atoms with Gasteiger partial charge in [0.25, 0.3) is 0 Å². The molecule has 0 N–H and O–H groups in total. The molecule has 0 amide bonds. The molecule has 0 radical (unpaired) electrons. The quantitative estimate of drug-likeness (QED) is 0.850. The molecule has 0 aliphatic carbocycles. The Morgan fingerprint density at radius 3 is 2.45 bits per heavy atom. The van der Waals surface area contributed by atoms with Crippen molar-refractivity contribution in [1.29, 1.82) is 0 Å². The van der Waals surface area contributed by atoms with Gasteiger partial charge in [-0.2, -0.15) is 0 Å². The fraction of sp³-hybridized carbons (Fsp3) is 0.812. The van der Waals surface area contributed by atoms with E-state index in [-0.39, 0.29) is 0 Å². The molecule has 3 heterocycles. The normalized spacial score (nSPS) is 27.9. The Bertz CT molecular complexity index is 462. The fourth-order valence-electron chi connectivity index (χ4n) is 3.35. The number of hydrogen-bond donors (Lipinski definition) is 0. The first kappa shape index (κ1) is 14.1. The maximum atomic E-state index is 5.41. The van der Waals surface area contributed by atoms with Gasteiger partial charge in [-0.25, -0.2) is 0 Å². The maximum absolute atomic E-state index is 5.41. The van der Waals surface area contributed by atoms with E-state index in [0.29, 0.717) is 23.5 Å². The molecule has 1 aromatic heterocycles. The highest BCUT2D eigenvalue weighted by Gasteiger charge is 2.46. The highest BCUT2D eigenvalue weighted by molar-refractivity contribution is 5.11. The summed E-state index contributed by atoms with van der Waals surface area (Å²) in [5.41, 5.74) is 1.38. The minimum Gasteiger partial charge on any atom is -0.361 e. The largest absolute Gasteiger partial charge is 0.361 e. The van der Waals surface area contributed by atoms with Crippen molar-refractivity contribution < 1.29 is 4.52 Å². The number of nitrogens with zero attached hydrogens (tertiary/aromatic N) is 3. The third kappa shape index (κ3) is 2.51. The van der Waals surface area contributed by atoms with E-state index in [2.05, 4.69) is 55.6 Å². The third-order valence-corrected chi connectivity index (χ3v) is 4.78. The van der Waals surface area contributed by atoms with Crippen molar-refractivity contribution in [3.8, 4) is 0 Å². The lowest BCUT2D eigenvalue weighted by molar-refractivity contribution is -0.100. The van der Waals surface area contributed by atoms with Crippen LogP contribution in [0.2, 0.25) is 0 Å². The number of likely N-dealkylation sites (tertiary alicyclic amines) is 2. The summed E-state index contributed by atoms with van der Waals surface area (Å²) in [5.74, 6) is 1.42. The molecule has 112 valence electrons. The fourth-order valence-corrected chi connectivity index (χ4v) is 3.35. The van der Waals surface area contributed by atoms with E-state index in [1.807, 2.05) is 0 Å². The van der Waals surface area contributed by atoms with Crippen LogP contribution in [0.15, 0.2) is 10.6 Å². The van der Waals surface area contributed by atoms with Gasteiger partial charge in [-0.3, -0.25) is 9.80 Å². The Kier molecular flexibility index (Phi) is 3.41. The molecule has 20 heavy (non-hydrogen) atoms. The molecular formula is C16H27N3O. The zero-order valence-electron chi connectivity index (χ0n) is 13.4. The number of aromatic nitrogens is 1. The summed E-state index contributed by atoms with van der Waals surface area (Å²) in [5, 5.41) is 4.22. The zero-order valence-corrected chi connectivity index (χ0v) is 13.4. The van der Waals surface area contributed by atoms with E-state index in [9.17, 15) is 0 Å². The molecule has 1 aromatic rings. The van der Waals surface area contributed by atoms with Crippen molar-refractivity contribution in [2.24, 2.45) is 0 Å². The van der Waals surface area contributed by atoms with Gasteiger partial charge in [-0.15, -0.1) is 0 Å². The molecule has 2 atom stereocenters. The van der Waals surface area contributed by atoms with Crippen molar-refractivity contribution in [2.45, 2.75) is 71.1 Å². The van der Waals surface area contributed by atoms with Crippen LogP contribution in [0.3, 0.4) is 0 Å². The summed E-state index contributed by atoms with van der Waals surface area (Å²) in [7, 11) is 0. The number of hydrogen-bond acceptors (Lipinski definition) is 4. The predicted octanol–water partition coefficient (Wildman–Crippen LogP) is 2.86. The van der Waals surface area contributed by atoms with Crippen molar-refractivity contribution in [3.63, 3.8) is 0 Å². The van der Waals surface area contributed by atoms with E-state index >= 15 is 0 Å². The first-order valence-corrected chi connectivity index (χ1v) is 7.81. The van der Waals surface area contributed by atoms with E-state index in [4.69, 9.17) is 4.52 Å². The topological polar surface area (TPSA) is 32.5 Å². The molecule has 3 rings (SSSR count). The van der Waals surface area contributed by atoms with Gasteiger partial charge in [0.05, 0.1) is 5.69 Å². The van der Waals surface area contributed by atoms with Gasteiger partial charge >= 0.3 is 0 Å². The molecule has 2 bridgehead atoms. The van der Waals surface area contributed by atoms with Crippen LogP contribution in [0.5, 0.6) is 0 Å². The maximum Gasteiger partial charge on any atom is 0.139 e. The van der Waals surface area contributed by atoms with Crippen LogP contribution in [0.1, 0.15) is 58.4 Å². The molecule has 0 spiro atoms. The van der Waals surface area contributed by atoms with Crippen LogP contribution in [0.25, 0.3) is 0 Å². The smallest absolute Gasteiger partial charge is 0.139 e. The molecule has 2 saturated heterocycles. The van der Waals surface area contributed by atoms with E-state index in [1.54, 1.807) is 0 Å². The Hall–Kier alpha value is -0.870. The summed E-state index contributed by atoms with van der Waals surface area (Å²) in [6, 6.07) is 3.53. The number of fused-ring (bicyclic) bond motifs is 2. The Balaban J connectivity index is 1.61. The molecule has 4 nitrogen and oxygen atoms in total. The summed E-state index contributed by atoms with van der Waals surface area (Å²) in [6.45, 7) is 14.6. The molecule has 2 fully saturated rings. The van der Waals surface area contributed by atoms with Crippen LogP contribution < -0.4 is 0 Å². The summed E-state index contributed by atoms with van der Waals surface area (Å²) in [6.07, 6.45) is 1.35. The number of piperidine rings is 1. The summed E-state index contributed by atoms with van der Waals surface area (Å²) < 4.78 is 5.41. The minimum absolute atomic E-state index is 0.293. The van der Waals surface area contributed by atoms with Gasteiger partial charge < -0.3 is 4.52 Å². The Morgan fingerprint density at radius 2 is 1.95 bits per heavy atom. The van der Waals surface area contributed by atoms with Gasteiger partial charge in [0.1, 0.15) is 5.76 Å². The lowest BCUT2D eigenvalue weighted by Gasteiger charge is -2.59. The van der Waals surface area contributed by atoms with Crippen LogP contribution in [-0.2, 0) is 6.54 Å². The van der Waals surface area contributed by atoms with Crippen molar-refractivity contribution >= 4 is 0 Å². The van der Waals surface area contributed by atoms with E-state index in [0.717, 1.165) is 18.0 Å². The third-order valence-electron chi connectivity index (χ3n) is 4.78. The highest BCUT2D eigenvalue weighted by Crippen LogP contribution is 2.36. The predicted molar refractivity (Wildman–Crippen MR) is 79.7 cm³/mol. The standard InChI is InChI=1S/C16H27N3O/c1-11(2)15-6-12(17-20-15)8-19-13-7-14(19)10-18(9-13)16(3,4)5/h6,11,13-14H,7-10H2,1-5H3. The first-order chi connectivity index (χ1) is 9.34. The van der Waals surface area contributed by atoms with Crippen molar-refractivity contribution in [3.05, 3.63) is 17.5 Å². The van der Waals surface area contributed by atoms with Crippen LogP contribution in [0, 0.1) is 0 Å². The highest BCUT2D eigenvalue weighted by atomic mass is 16.5. The summed E-state index contributed by atoms with van der Waals surface area (Å²) >= 11 is 0. The van der Waals surface area contributed by atoms with E-state index in [1.165, 1.54) is 19.5 Å². The van der Waals surface area contributed by atoms with Crippen LogP contribution in [-0.4, -0.2) is 45.7 Å². The average molecular weight is 277 g/mol. The van der Waals surface area contributed by atoms with E-state index < -0.39 is 0 Å². The van der Waals surface area contributed by atoms with Gasteiger partial charge in [0.2, 0.25) is 0 Å². The molecule has 2 unspecified atom stereocenters. The van der Waals surface area contributed by atoms with Gasteiger partial charge in [0.15, 0.2) is 0 Å². The van der Waals surface area contributed by atoms with Crippen LogP contribution >= 0.6 is 0 Å². The molecule has 4 heteroatoms. The van der Waals surface area contributed by atoms with Gasteiger partial charge in [0, 0.05) is 49.2 Å². The Morgan fingerprint density at radius 1 is 1.30 bits per heavy atom. The SMILES string of the molecule is CC(C)c1cc(CN2C3CC2CN(C(C)(C)C)C3)no1. The van der Waals surface area contributed by atoms with Crippen molar-refractivity contribution in [1.82, 2.24) is 15.0 Å². The molecule has 2 aliphatic rings. The van der Waals surface area contributed by atoms with Gasteiger partial charge in [-0.1, -0.05) is 19.0 Å². The second-order valence-electron chi connectivity index (χ2n) is 7.67. The minimum atomic E-state index is 0.293. The monoisotopic (exact) mass is 277 g/mol. The van der Waals surface area contributed by atoms with Crippen molar-refractivity contribution in [2.75, 3.05) is 13.1 Å². The average Bonchev–Trinajstić information content (AvgIpc) is 2.84. The number of piperazine rings is 1. The zero-order chi connectivity index (χ0) is 14.5. The Labute approximate surface area is 122 Å². The second kappa shape index (κ2) is 4.85. The molecule has 0 saturated carbocycles. The first-order valence-electron chi connectivity index (χ1n) is 7.81. The lowest BCUT2D eigenvalue weighted by Crippen LogP contribution is -2.70. The van der Waals surface area contributed by atoms with Crippen LogP contribution in [0.4, 0.5) is 0 Å². The molecule has 2 aliphatic heterocycles. The number of rotatable bonds is 3.